The lowest BCUT2D eigenvalue weighted by Crippen LogP contribution is -2.61. The van der Waals surface area contributed by atoms with Gasteiger partial charge in [-0.25, -0.2) is 13.5 Å². The van der Waals surface area contributed by atoms with Gasteiger partial charge in [0.15, 0.2) is 18.8 Å². The number of esters is 1. The summed E-state index contributed by atoms with van der Waals surface area (Å²) < 4.78 is 69.9. The van der Waals surface area contributed by atoms with Crippen molar-refractivity contribution >= 4 is 5.97 Å². The number of nitrogens with zero attached hydrogens (tertiary/aromatic N) is 7. The van der Waals surface area contributed by atoms with E-state index in [9.17, 15) is 34.7 Å². The Bertz CT molecular complexity index is 2250. The lowest BCUT2D eigenvalue weighted by molar-refractivity contribution is -0.318. The van der Waals surface area contributed by atoms with E-state index in [2.05, 4.69) is 20.3 Å². The summed E-state index contributed by atoms with van der Waals surface area (Å²) in [7, 11) is 5.14. The zero-order valence-electron chi connectivity index (χ0n) is 46.1. The molecule has 19 nitrogen and oxygen atoms in total. The topological polar surface area (TPSA) is 237 Å². The summed E-state index contributed by atoms with van der Waals surface area (Å²) >= 11 is 0. The number of carbonyl (C=O) groups excluding carboxylic acids is 1. The summed E-state index contributed by atoms with van der Waals surface area (Å²) in [5.74, 6) is -2.94. The van der Waals surface area contributed by atoms with Crippen molar-refractivity contribution in [3.8, 4) is 11.3 Å². The van der Waals surface area contributed by atoms with Gasteiger partial charge < -0.3 is 63.8 Å². The molecule has 21 heteroatoms. The third-order valence-electron chi connectivity index (χ3n) is 16.3. The maximum atomic E-state index is 16.0. The number of aliphatic hydroxyl groups excluding tert-OH is 3. The van der Waals surface area contributed by atoms with E-state index in [1.165, 1.54) is 24.9 Å². The minimum Gasteiger partial charge on any atom is -0.459 e. The Hall–Kier alpha value is -3.71. The molecule has 6 rings (SSSR count). The fourth-order valence-electron chi connectivity index (χ4n) is 11.5. The van der Waals surface area contributed by atoms with Crippen LogP contribution in [0, 0.1) is 17.8 Å². The molecular weight excluding hydrogens is 977 g/mol. The van der Waals surface area contributed by atoms with Gasteiger partial charge in [0.05, 0.1) is 59.1 Å². The van der Waals surface area contributed by atoms with Crippen LogP contribution in [0.25, 0.3) is 11.3 Å². The Labute approximate surface area is 441 Å². The number of cyclic esters (lactones) is 1. The fraction of sp³-hybridized carbons (Fsp3) is 0.759. The first kappa shape index (κ1) is 60.5. The highest BCUT2D eigenvalue weighted by molar-refractivity contribution is 5.73. The van der Waals surface area contributed by atoms with E-state index in [0.717, 1.165) is 5.56 Å². The van der Waals surface area contributed by atoms with Crippen molar-refractivity contribution in [2.75, 3.05) is 41.0 Å². The summed E-state index contributed by atoms with van der Waals surface area (Å²) in [5.41, 5.74) is -2.51. The van der Waals surface area contributed by atoms with Crippen molar-refractivity contribution < 1.29 is 67.5 Å². The minimum absolute atomic E-state index is 0.0708. The molecule has 0 radical (unpaired) electrons. The Kier molecular flexibility index (Phi) is 20.5. The van der Waals surface area contributed by atoms with Gasteiger partial charge in [-0.3, -0.25) is 14.8 Å². The van der Waals surface area contributed by atoms with E-state index in [0.29, 0.717) is 37.3 Å². The molecule has 422 valence electrons. The normalized spacial score (nSPS) is 38.8. The molecule has 5 N–H and O–H groups in total. The third kappa shape index (κ3) is 14.0. The summed E-state index contributed by atoms with van der Waals surface area (Å²) in [4.78, 5) is 26.7. The van der Waals surface area contributed by atoms with Crippen LogP contribution in [-0.4, -0.2) is 198 Å². The molecule has 0 spiro atoms. The van der Waals surface area contributed by atoms with Crippen molar-refractivity contribution in [3.63, 3.8) is 0 Å². The van der Waals surface area contributed by atoms with E-state index in [1.807, 2.05) is 37.7 Å². The lowest BCUT2D eigenvalue weighted by atomic mass is 9.77. The van der Waals surface area contributed by atoms with Gasteiger partial charge >= 0.3 is 5.97 Å². The molecule has 0 bridgehead atoms. The molecule has 3 aliphatic heterocycles. The Balaban J connectivity index is 1.25. The van der Waals surface area contributed by atoms with Crippen LogP contribution in [-0.2, 0) is 39.6 Å². The van der Waals surface area contributed by atoms with Crippen molar-refractivity contribution in [2.24, 2.45) is 17.8 Å². The van der Waals surface area contributed by atoms with Gasteiger partial charge in [0.25, 0.3) is 0 Å². The predicted octanol–water partition coefficient (Wildman–Crippen LogP) is 4.78. The molecule has 0 amide bonds. The SMILES string of the molecule is CC[C@H]1OC(=O)[C@H](C)[C@@H](O[C@H]2C[C@@](C)(OC)[C@@H](O)[C@H](C)O2)[C@H](C)[C@@H](O[C@@H]2O[C@H](C)C[C@H](N(C)CCc3cn([C@H](CF)C(F)c4ccc(-c5cnccn5)cc4)nn3)[C@H]2O)[C@](C)(O)C[C@@H](C)CN(C)[C@H](C)[C@@H](O)[C@]1(C)O. The number of methoxy groups -OCH3 is 1. The highest BCUT2D eigenvalue weighted by Crippen LogP contribution is 2.41. The van der Waals surface area contributed by atoms with Crippen LogP contribution >= 0.6 is 0 Å². The summed E-state index contributed by atoms with van der Waals surface area (Å²) in [5, 5.41) is 68.1. The highest BCUT2D eigenvalue weighted by Gasteiger charge is 2.53. The monoisotopic (exact) mass is 1060 g/mol. The molecule has 3 aromatic rings. The van der Waals surface area contributed by atoms with Crippen molar-refractivity contribution in [1.29, 1.82) is 0 Å². The number of carbonyl (C=O) groups is 1. The first-order valence-electron chi connectivity index (χ1n) is 26.5. The summed E-state index contributed by atoms with van der Waals surface area (Å²) in [6.45, 7) is 17.0. The number of aliphatic hydroxyl groups is 5. The molecule has 75 heavy (non-hydrogen) atoms. The Morgan fingerprint density at radius 3 is 2.29 bits per heavy atom. The van der Waals surface area contributed by atoms with Gasteiger partial charge in [0.2, 0.25) is 0 Å². The number of rotatable bonds is 15. The smallest absolute Gasteiger partial charge is 0.311 e. The fourth-order valence-corrected chi connectivity index (χ4v) is 11.5. The Morgan fingerprint density at radius 2 is 1.67 bits per heavy atom. The van der Waals surface area contributed by atoms with Crippen LogP contribution in [0.3, 0.4) is 0 Å². The molecule has 1 unspecified atom stereocenters. The van der Waals surface area contributed by atoms with E-state index in [1.54, 1.807) is 91.3 Å². The molecule has 0 saturated carbocycles. The van der Waals surface area contributed by atoms with E-state index >= 15 is 4.39 Å². The first-order chi connectivity index (χ1) is 35.3. The van der Waals surface area contributed by atoms with Crippen LogP contribution in [0.2, 0.25) is 0 Å². The molecule has 2 aromatic heterocycles. The number of hydrogen-bond acceptors (Lipinski definition) is 18. The number of benzene rings is 1. The van der Waals surface area contributed by atoms with Gasteiger partial charge in [-0.2, -0.15) is 0 Å². The molecule has 0 aliphatic carbocycles. The molecule has 3 aliphatic rings. The molecule has 3 saturated heterocycles. The Morgan fingerprint density at radius 1 is 0.973 bits per heavy atom. The average Bonchev–Trinajstić information content (AvgIpc) is 3.85. The van der Waals surface area contributed by atoms with E-state index in [4.69, 9.17) is 28.4 Å². The highest BCUT2D eigenvalue weighted by atomic mass is 19.1. The van der Waals surface area contributed by atoms with Gasteiger partial charge in [-0.05, 0) is 93.3 Å². The largest absolute Gasteiger partial charge is 0.459 e. The second-order valence-corrected chi connectivity index (χ2v) is 22.5. The standard InChI is InChI=1S/C54H85F2N7O12/c1-14-42-54(10,69)47(65)34(6)62(12)28-30(2)24-52(8,68)49(32(4)46(33(5)50(67)73-42)74-43-25-53(9,70-13)48(66)35(7)72-43)75-51-45(64)40(23-31(3)71-51)61(11)22-19-38-29-63(60-59-38)41(26-55)44(56)37-17-15-36(16-18-37)39-27-57-20-21-58-39/h15-18,20-21,27,29-35,40-49,51,64-66,68-69H,14,19,22-26,28H2,1-13H3/t30-,31-,32+,33-,34-,35+,40+,41-,42-,43+,44?,45-,46+,47-,48+,49-,51+,52-,53-,54-/m1/s1. The summed E-state index contributed by atoms with van der Waals surface area (Å²) in [6, 6.07) is 4.20. The molecular formula is C54H85F2N7O12. The quantitative estimate of drug-likeness (QED) is 0.129. The number of likely N-dealkylation sites (N-methyl/N-ethyl adjacent to an activating group) is 2. The van der Waals surface area contributed by atoms with Crippen molar-refractivity contribution in [2.45, 2.75) is 204 Å². The number of halogens is 2. The number of alkyl halides is 2. The molecule has 5 heterocycles. The van der Waals surface area contributed by atoms with Crippen LogP contribution in [0.4, 0.5) is 8.78 Å². The van der Waals surface area contributed by atoms with Crippen LogP contribution in [0.15, 0.2) is 49.1 Å². The molecule has 20 atom stereocenters. The number of hydrogen-bond donors (Lipinski definition) is 5. The molecule has 3 fully saturated rings. The maximum Gasteiger partial charge on any atom is 0.311 e. The number of ether oxygens (including phenoxy) is 6. The van der Waals surface area contributed by atoms with Gasteiger partial charge in [-0.1, -0.05) is 50.3 Å². The van der Waals surface area contributed by atoms with E-state index < -0.39 is 127 Å². The van der Waals surface area contributed by atoms with E-state index in [-0.39, 0.29) is 30.7 Å². The predicted molar refractivity (Wildman–Crippen MR) is 273 cm³/mol. The zero-order valence-corrected chi connectivity index (χ0v) is 46.1. The van der Waals surface area contributed by atoms with Gasteiger partial charge in [0.1, 0.15) is 42.7 Å². The summed E-state index contributed by atoms with van der Waals surface area (Å²) in [6.07, 6.45) is -4.89. The zero-order chi connectivity index (χ0) is 55.3. The van der Waals surface area contributed by atoms with Crippen molar-refractivity contribution in [3.05, 3.63) is 60.3 Å². The molecule has 1 aromatic carbocycles. The van der Waals surface area contributed by atoms with Gasteiger partial charge in [0, 0.05) is 75.2 Å². The van der Waals surface area contributed by atoms with Crippen molar-refractivity contribution in [1.82, 2.24) is 34.8 Å². The average molecular weight is 1060 g/mol. The van der Waals surface area contributed by atoms with Crippen LogP contribution in [0.5, 0.6) is 0 Å². The minimum atomic E-state index is -1.86. The third-order valence-corrected chi connectivity index (χ3v) is 16.3. The number of aromatic nitrogens is 5. The second-order valence-electron chi connectivity index (χ2n) is 22.5. The van der Waals surface area contributed by atoms with Gasteiger partial charge in [-0.15, -0.1) is 5.10 Å². The van der Waals surface area contributed by atoms with Crippen LogP contribution in [0.1, 0.15) is 118 Å². The maximum absolute atomic E-state index is 16.0. The second kappa shape index (κ2) is 25.4. The van der Waals surface area contributed by atoms with Crippen LogP contribution < -0.4 is 0 Å². The lowest BCUT2D eigenvalue weighted by Gasteiger charge is -2.49. The first-order valence-corrected chi connectivity index (χ1v) is 26.5.